The minimum atomic E-state index is -3.66. The van der Waals surface area contributed by atoms with Crippen LogP contribution in [-0.2, 0) is 44.9 Å². The normalized spacial score (nSPS) is 24.4. The standard InChI is InChI=1S/C24H35NO12S/c1-5-15-8-6-7-13(2)20(15)25(17(26)12-38(4,33)34)14(3)10-36-24-23(32)22(31)21(30)16(37-24)11-35-19(29)9-18(27)28/h6-8,14,16,21-24,30-32H,5,9-12H2,1-4H3,(H,27,28)/t14-,16+,21+,22-,23+,24+/m0/s1. The number of sulfone groups is 1. The Bertz CT molecular complexity index is 1110. The zero-order chi connectivity index (χ0) is 28.8. The zero-order valence-corrected chi connectivity index (χ0v) is 22.5. The number of amides is 1. The molecule has 0 bridgehead atoms. The van der Waals surface area contributed by atoms with Crippen molar-refractivity contribution in [3.63, 3.8) is 0 Å². The highest BCUT2D eigenvalue weighted by Crippen LogP contribution is 2.29. The van der Waals surface area contributed by atoms with Crippen LogP contribution in [0.5, 0.6) is 0 Å². The molecule has 1 aliphatic heterocycles. The van der Waals surface area contributed by atoms with E-state index in [2.05, 4.69) is 0 Å². The molecule has 0 aliphatic carbocycles. The Balaban J connectivity index is 2.22. The third-order valence-corrected chi connectivity index (χ3v) is 6.68. The van der Waals surface area contributed by atoms with Gasteiger partial charge < -0.3 is 39.5 Å². The van der Waals surface area contributed by atoms with Crippen LogP contribution >= 0.6 is 0 Å². The van der Waals surface area contributed by atoms with E-state index < -0.39 is 83.2 Å². The van der Waals surface area contributed by atoms with Crippen LogP contribution in [0.15, 0.2) is 18.2 Å². The van der Waals surface area contributed by atoms with E-state index in [0.29, 0.717) is 12.1 Å². The fourth-order valence-corrected chi connectivity index (χ4v) is 4.67. The average Bonchev–Trinajstić information content (AvgIpc) is 2.81. The number of anilines is 1. The topological polar surface area (TPSA) is 197 Å². The molecule has 1 aromatic rings. The van der Waals surface area contributed by atoms with Crippen LogP contribution in [-0.4, -0.2) is 109 Å². The number of para-hydroxylation sites is 1. The summed E-state index contributed by atoms with van der Waals surface area (Å²) in [7, 11) is -3.66. The molecule has 1 aromatic carbocycles. The van der Waals surface area contributed by atoms with E-state index in [4.69, 9.17) is 19.3 Å². The number of carbonyl (C=O) groups is 3. The van der Waals surface area contributed by atoms with Gasteiger partial charge in [-0.2, -0.15) is 0 Å². The number of aryl methyl sites for hydroxylation is 2. The molecule has 0 unspecified atom stereocenters. The van der Waals surface area contributed by atoms with E-state index >= 15 is 0 Å². The van der Waals surface area contributed by atoms with Crippen molar-refractivity contribution in [2.75, 3.05) is 30.1 Å². The summed E-state index contributed by atoms with van der Waals surface area (Å²) in [6, 6.07) is 4.66. The molecule has 0 spiro atoms. The van der Waals surface area contributed by atoms with Crippen molar-refractivity contribution in [2.24, 2.45) is 0 Å². The lowest BCUT2D eigenvalue weighted by Crippen LogP contribution is -2.60. The van der Waals surface area contributed by atoms with Crippen molar-refractivity contribution in [1.82, 2.24) is 0 Å². The fraction of sp³-hybridized carbons (Fsp3) is 0.625. The van der Waals surface area contributed by atoms with E-state index in [-0.39, 0.29) is 6.61 Å². The van der Waals surface area contributed by atoms with Gasteiger partial charge in [-0.05, 0) is 31.4 Å². The quantitative estimate of drug-likeness (QED) is 0.183. The summed E-state index contributed by atoms with van der Waals surface area (Å²) < 4.78 is 39.7. The van der Waals surface area contributed by atoms with Crippen LogP contribution in [0, 0.1) is 6.92 Å². The van der Waals surface area contributed by atoms with Crippen molar-refractivity contribution in [3.05, 3.63) is 29.3 Å². The number of aliphatic hydroxyl groups is 3. The van der Waals surface area contributed by atoms with E-state index in [1.807, 2.05) is 19.1 Å². The van der Waals surface area contributed by atoms with Gasteiger partial charge in [0.1, 0.15) is 43.2 Å². The Morgan fingerprint density at radius 1 is 1.13 bits per heavy atom. The number of aliphatic hydroxyl groups excluding tert-OH is 3. The second kappa shape index (κ2) is 13.4. The highest BCUT2D eigenvalue weighted by atomic mass is 32.2. The van der Waals surface area contributed by atoms with Crippen LogP contribution in [0.3, 0.4) is 0 Å². The summed E-state index contributed by atoms with van der Waals surface area (Å²) in [6.07, 6.45) is -7.42. The maximum absolute atomic E-state index is 13.2. The number of hydrogen-bond acceptors (Lipinski definition) is 11. The van der Waals surface area contributed by atoms with E-state index in [1.165, 1.54) is 4.90 Å². The summed E-state index contributed by atoms with van der Waals surface area (Å²) in [4.78, 5) is 36.6. The first-order valence-corrected chi connectivity index (χ1v) is 14.0. The van der Waals surface area contributed by atoms with Gasteiger partial charge >= 0.3 is 11.9 Å². The van der Waals surface area contributed by atoms with Gasteiger partial charge in [0.15, 0.2) is 16.1 Å². The molecule has 2 rings (SSSR count). The molecule has 4 N–H and O–H groups in total. The van der Waals surface area contributed by atoms with Crippen molar-refractivity contribution < 1.29 is 57.4 Å². The zero-order valence-electron chi connectivity index (χ0n) is 21.6. The first kappa shape index (κ1) is 31.6. The number of carboxylic acid groups (broad SMARTS) is 1. The molecule has 0 aromatic heterocycles. The van der Waals surface area contributed by atoms with Gasteiger partial charge in [-0.25, -0.2) is 8.42 Å². The van der Waals surface area contributed by atoms with Gasteiger partial charge in [0.2, 0.25) is 5.91 Å². The predicted molar refractivity (Wildman–Crippen MR) is 133 cm³/mol. The van der Waals surface area contributed by atoms with Crippen molar-refractivity contribution in [3.8, 4) is 0 Å². The highest BCUT2D eigenvalue weighted by molar-refractivity contribution is 7.91. The predicted octanol–water partition coefficient (Wildman–Crippen LogP) is -0.834. The summed E-state index contributed by atoms with van der Waals surface area (Å²) in [6.45, 7) is 4.39. The lowest BCUT2D eigenvalue weighted by molar-refractivity contribution is -0.302. The Kier molecular flexibility index (Phi) is 11.2. The molecule has 1 heterocycles. The molecule has 38 heavy (non-hydrogen) atoms. The first-order valence-electron chi connectivity index (χ1n) is 11.9. The number of carbonyl (C=O) groups excluding carboxylic acids is 2. The molecule has 6 atom stereocenters. The Labute approximate surface area is 220 Å². The summed E-state index contributed by atoms with van der Waals surface area (Å²) in [5.41, 5.74) is 2.06. The highest BCUT2D eigenvalue weighted by Gasteiger charge is 2.45. The summed E-state index contributed by atoms with van der Waals surface area (Å²) in [5.74, 6) is -3.94. The molecule has 1 saturated heterocycles. The Hall–Kier alpha value is -2.62. The first-order chi connectivity index (χ1) is 17.7. The molecular weight excluding hydrogens is 526 g/mol. The van der Waals surface area contributed by atoms with Crippen molar-refractivity contribution in [1.29, 1.82) is 0 Å². The second-order valence-electron chi connectivity index (χ2n) is 9.22. The largest absolute Gasteiger partial charge is 0.481 e. The monoisotopic (exact) mass is 561 g/mol. The van der Waals surface area contributed by atoms with Crippen molar-refractivity contribution in [2.45, 2.75) is 70.4 Å². The smallest absolute Gasteiger partial charge is 0.317 e. The van der Waals surface area contributed by atoms with E-state index in [0.717, 1.165) is 17.4 Å². The Morgan fingerprint density at radius 3 is 2.37 bits per heavy atom. The fourth-order valence-electron chi connectivity index (χ4n) is 4.08. The van der Waals surface area contributed by atoms with Gasteiger partial charge in [0.05, 0.1) is 18.3 Å². The number of ether oxygens (including phenoxy) is 3. The number of nitrogens with zero attached hydrogens (tertiary/aromatic N) is 1. The van der Waals surface area contributed by atoms with Crippen LogP contribution < -0.4 is 4.90 Å². The molecule has 0 radical (unpaired) electrons. The number of rotatable bonds is 12. The third-order valence-electron chi connectivity index (χ3n) is 5.91. The van der Waals surface area contributed by atoms with Crippen LogP contribution in [0.2, 0.25) is 0 Å². The lowest BCUT2D eigenvalue weighted by atomic mass is 9.99. The van der Waals surface area contributed by atoms with Gasteiger partial charge in [0.25, 0.3) is 0 Å². The van der Waals surface area contributed by atoms with Crippen LogP contribution in [0.1, 0.15) is 31.4 Å². The lowest BCUT2D eigenvalue weighted by Gasteiger charge is -2.41. The van der Waals surface area contributed by atoms with E-state index in [1.54, 1.807) is 19.9 Å². The van der Waals surface area contributed by atoms with E-state index in [9.17, 15) is 38.1 Å². The Morgan fingerprint density at radius 2 is 1.79 bits per heavy atom. The molecule has 1 aliphatic rings. The second-order valence-corrected chi connectivity index (χ2v) is 11.4. The molecular formula is C24H35NO12S. The minimum absolute atomic E-state index is 0.275. The molecule has 13 nitrogen and oxygen atoms in total. The molecule has 214 valence electrons. The maximum Gasteiger partial charge on any atom is 0.317 e. The van der Waals surface area contributed by atoms with Gasteiger partial charge in [-0.15, -0.1) is 0 Å². The molecule has 1 fully saturated rings. The molecule has 1 amide bonds. The molecule has 14 heteroatoms. The number of hydrogen-bond donors (Lipinski definition) is 4. The number of esters is 1. The minimum Gasteiger partial charge on any atom is -0.481 e. The maximum atomic E-state index is 13.2. The molecule has 0 saturated carbocycles. The SMILES string of the molecule is CCc1cccc(C)c1N(C(=O)CS(C)(=O)=O)[C@@H](C)CO[C@@H]1O[C@H](COC(=O)CC(=O)O)[C@@H](O)[C@H](O)[C@H]1O. The van der Waals surface area contributed by atoms with Gasteiger partial charge in [0, 0.05) is 6.26 Å². The van der Waals surface area contributed by atoms with Crippen LogP contribution in [0.4, 0.5) is 5.69 Å². The average molecular weight is 562 g/mol. The summed E-state index contributed by atoms with van der Waals surface area (Å²) >= 11 is 0. The number of carboxylic acids is 1. The summed E-state index contributed by atoms with van der Waals surface area (Å²) in [5, 5.41) is 39.5. The van der Waals surface area contributed by atoms with Crippen molar-refractivity contribution >= 4 is 33.4 Å². The number of aliphatic carboxylic acids is 1. The number of benzene rings is 1. The van der Waals surface area contributed by atoms with Crippen LogP contribution in [0.25, 0.3) is 0 Å². The van der Waals surface area contributed by atoms with Gasteiger partial charge in [-0.3, -0.25) is 14.4 Å². The van der Waals surface area contributed by atoms with Gasteiger partial charge in [-0.1, -0.05) is 25.1 Å². The third kappa shape index (κ3) is 8.44.